The second-order valence-electron chi connectivity index (χ2n) is 5.77. The van der Waals surface area contributed by atoms with E-state index >= 15 is 0 Å². The van der Waals surface area contributed by atoms with Crippen molar-refractivity contribution in [2.45, 2.75) is 44.9 Å². The smallest absolute Gasteiger partial charge is 0.230 e. The highest BCUT2D eigenvalue weighted by atomic mass is 16.2. The maximum Gasteiger partial charge on any atom is 0.230 e. The molecule has 102 valence electrons. The molecule has 1 amide bonds. The molecule has 0 atom stereocenters. The summed E-state index contributed by atoms with van der Waals surface area (Å²) in [5.41, 5.74) is 9.10. The lowest BCUT2D eigenvalue weighted by Gasteiger charge is -2.34. The first-order valence-corrected chi connectivity index (χ1v) is 7.46. The molecule has 1 aliphatic carbocycles. The maximum atomic E-state index is 12.7. The SMILES string of the molecule is Nc1cccc2c1CCCN2C(=O)C1CCCCC1. The first kappa shape index (κ1) is 12.5. The monoisotopic (exact) mass is 258 g/mol. The van der Waals surface area contributed by atoms with Crippen LogP contribution in [0, 0.1) is 5.92 Å². The molecular formula is C16H22N2O. The van der Waals surface area contributed by atoms with E-state index in [-0.39, 0.29) is 5.92 Å². The second-order valence-corrected chi connectivity index (χ2v) is 5.77. The van der Waals surface area contributed by atoms with Crippen molar-refractivity contribution in [2.24, 2.45) is 5.92 Å². The van der Waals surface area contributed by atoms with E-state index < -0.39 is 0 Å². The van der Waals surface area contributed by atoms with Crippen molar-refractivity contribution in [3.05, 3.63) is 23.8 Å². The van der Waals surface area contributed by atoms with Crippen LogP contribution in [0.25, 0.3) is 0 Å². The van der Waals surface area contributed by atoms with Crippen molar-refractivity contribution in [1.29, 1.82) is 0 Å². The molecule has 2 aliphatic rings. The number of hydrogen-bond acceptors (Lipinski definition) is 2. The lowest BCUT2D eigenvalue weighted by molar-refractivity contribution is -0.123. The van der Waals surface area contributed by atoms with E-state index in [4.69, 9.17) is 5.73 Å². The molecule has 1 aliphatic heterocycles. The fourth-order valence-electron chi connectivity index (χ4n) is 3.45. The molecule has 1 fully saturated rings. The number of carbonyl (C=O) groups is 1. The van der Waals surface area contributed by atoms with Gasteiger partial charge in [0.15, 0.2) is 0 Å². The first-order valence-electron chi connectivity index (χ1n) is 7.46. The zero-order valence-corrected chi connectivity index (χ0v) is 11.4. The summed E-state index contributed by atoms with van der Waals surface area (Å²) in [4.78, 5) is 14.7. The summed E-state index contributed by atoms with van der Waals surface area (Å²) in [7, 11) is 0. The lowest BCUT2D eigenvalue weighted by Crippen LogP contribution is -2.40. The Labute approximate surface area is 114 Å². The highest BCUT2D eigenvalue weighted by Gasteiger charge is 2.29. The average Bonchev–Trinajstić information content (AvgIpc) is 2.47. The average molecular weight is 258 g/mol. The molecule has 0 saturated heterocycles. The predicted octanol–water partition coefficient (Wildman–Crippen LogP) is 3.13. The summed E-state index contributed by atoms with van der Waals surface area (Å²) < 4.78 is 0. The van der Waals surface area contributed by atoms with Crippen molar-refractivity contribution < 1.29 is 4.79 Å². The van der Waals surface area contributed by atoms with Crippen molar-refractivity contribution in [1.82, 2.24) is 0 Å². The minimum atomic E-state index is 0.237. The van der Waals surface area contributed by atoms with Gasteiger partial charge in [-0.15, -0.1) is 0 Å². The fraction of sp³-hybridized carbons (Fsp3) is 0.562. The molecule has 3 heteroatoms. The van der Waals surface area contributed by atoms with Gasteiger partial charge in [-0.05, 0) is 43.4 Å². The number of benzene rings is 1. The molecule has 3 nitrogen and oxygen atoms in total. The van der Waals surface area contributed by atoms with Crippen LogP contribution >= 0.6 is 0 Å². The topological polar surface area (TPSA) is 46.3 Å². The van der Waals surface area contributed by atoms with Crippen LogP contribution in [-0.4, -0.2) is 12.5 Å². The van der Waals surface area contributed by atoms with Gasteiger partial charge in [0.1, 0.15) is 0 Å². The van der Waals surface area contributed by atoms with Crippen LogP contribution < -0.4 is 10.6 Å². The van der Waals surface area contributed by atoms with Gasteiger partial charge in [0.25, 0.3) is 0 Å². The van der Waals surface area contributed by atoms with Crippen LogP contribution in [0.2, 0.25) is 0 Å². The third kappa shape index (κ3) is 2.34. The fourth-order valence-corrected chi connectivity index (χ4v) is 3.45. The largest absolute Gasteiger partial charge is 0.398 e. The van der Waals surface area contributed by atoms with E-state index in [0.29, 0.717) is 5.91 Å². The Morgan fingerprint density at radius 1 is 1.16 bits per heavy atom. The van der Waals surface area contributed by atoms with Gasteiger partial charge in [-0.2, -0.15) is 0 Å². The number of hydrogen-bond donors (Lipinski definition) is 1. The molecule has 1 aromatic carbocycles. The summed E-state index contributed by atoms with van der Waals surface area (Å²) in [6.07, 6.45) is 7.84. The van der Waals surface area contributed by atoms with Gasteiger partial charge in [0, 0.05) is 23.8 Å². The normalized spacial score (nSPS) is 20.1. The van der Waals surface area contributed by atoms with Crippen LogP contribution in [-0.2, 0) is 11.2 Å². The third-order valence-electron chi connectivity index (χ3n) is 4.51. The number of fused-ring (bicyclic) bond motifs is 1. The molecule has 19 heavy (non-hydrogen) atoms. The molecule has 3 rings (SSSR count). The summed E-state index contributed by atoms with van der Waals surface area (Å²) >= 11 is 0. The molecule has 1 saturated carbocycles. The standard InChI is InChI=1S/C16H22N2O/c17-14-9-4-10-15-13(14)8-5-11-18(15)16(19)12-6-2-1-3-7-12/h4,9-10,12H,1-3,5-8,11,17H2. The minimum absolute atomic E-state index is 0.237. The van der Waals surface area contributed by atoms with Gasteiger partial charge in [-0.25, -0.2) is 0 Å². The Kier molecular flexibility index (Phi) is 3.45. The zero-order valence-electron chi connectivity index (χ0n) is 11.4. The van der Waals surface area contributed by atoms with E-state index in [1.807, 2.05) is 23.1 Å². The molecule has 0 aromatic heterocycles. The van der Waals surface area contributed by atoms with Crippen LogP contribution in [0.1, 0.15) is 44.1 Å². The Balaban J connectivity index is 1.86. The molecule has 2 N–H and O–H groups in total. The summed E-state index contributed by atoms with van der Waals surface area (Å²) in [5.74, 6) is 0.562. The number of nitrogens with zero attached hydrogens (tertiary/aromatic N) is 1. The Morgan fingerprint density at radius 3 is 2.74 bits per heavy atom. The second kappa shape index (κ2) is 5.24. The highest BCUT2D eigenvalue weighted by Crippen LogP contribution is 2.34. The van der Waals surface area contributed by atoms with Gasteiger partial charge in [-0.3, -0.25) is 4.79 Å². The molecule has 0 bridgehead atoms. The molecule has 0 radical (unpaired) electrons. The predicted molar refractivity (Wildman–Crippen MR) is 78.1 cm³/mol. The lowest BCUT2D eigenvalue weighted by atomic mass is 9.87. The van der Waals surface area contributed by atoms with Crippen LogP contribution in [0.4, 0.5) is 11.4 Å². The molecular weight excluding hydrogens is 236 g/mol. The van der Waals surface area contributed by atoms with Crippen LogP contribution in [0.15, 0.2) is 18.2 Å². The Bertz CT molecular complexity index is 478. The Hall–Kier alpha value is -1.51. The minimum Gasteiger partial charge on any atom is -0.398 e. The summed E-state index contributed by atoms with van der Waals surface area (Å²) in [6.45, 7) is 0.853. The van der Waals surface area contributed by atoms with Gasteiger partial charge in [0.05, 0.1) is 0 Å². The molecule has 1 heterocycles. The number of nitrogens with two attached hydrogens (primary N) is 1. The number of nitrogen functional groups attached to an aromatic ring is 1. The number of amides is 1. The van der Waals surface area contributed by atoms with Crippen molar-refractivity contribution >= 4 is 17.3 Å². The van der Waals surface area contributed by atoms with E-state index in [0.717, 1.165) is 49.2 Å². The maximum absolute atomic E-state index is 12.7. The van der Waals surface area contributed by atoms with E-state index in [1.54, 1.807) is 0 Å². The van der Waals surface area contributed by atoms with E-state index in [2.05, 4.69) is 0 Å². The van der Waals surface area contributed by atoms with Gasteiger partial charge < -0.3 is 10.6 Å². The number of rotatable bonds is 1. The van der Waals surface area contributed by atoms with Gasteiger partial charge in [-0.1, -0.05) is 25.3 Å². The summed E-state index contributed by atoms with van der Waals surface area (Å²) in [6, 6.07) is 5.94. The van der Waals surface area contributed by atoms with Gasteiger partial charge >= 0.3 is 0 Å². The van der Waals surface area contributed by atoms with Crippen LogP contribution in [0.5, 0.6) is 0 Å². The highest BCUT2D eigenvalue weighted by molar-refractivity contribution is 5.97. The molecule has 0 spiro atoms. The van der Waals surface area contributed by atoms with Crippen molar-refractivity contribution in [3.63, 3.8) is 0 Å². The van der Waals surface area contributed by atoms with E-state index in [1.165, 1.54) is 19.3 Å². The third-order valence-corrected chi connectivity index (χ3v) is 4.51. The molecule has 1 aromatic rings. The number of anilines is 2. The quantitative estimate of drug-likeness (QED) is 0.787. The zero-order chi connectivity index (χ0) is 13.2. The molecule has 0 unspecified atom stereocenters. The van der Waals surface area contributed by atoms with Crippen molar-refractivity contribution in [3.8, 4) is 0 Å². The van der Waals surface area contributed by atoms with E-state index in [9.17, 15) is 4.79 Å². The van der Waals surface area contributed by atoms with Gasteiger partial charge in [0.2, 0.25) is 5.91 Å². The summed E-state index contributed by atoms with van der Waals surface area (Å²) in [5, 5.41) is 0. The number of carbonyl (C=O) groups excluding carboxylic acids is 1. The van der Waals surface area contributed by atoms with Crippen LogP contribution in [0.3, 0.4) is 0 Å². The Morgan fingerprint density at radius 2 is 1.95 bits per heavy atom. The first-order chi connectivity index (χ1) is 9.27. The van der Waals surface area contributed by atoms with Crippen molar-refractivity contribution in [2.75, 3.05) is 17.2 Å².